The van der Waals surface area contributed by atoms with E-state index in [1.807, 2.05) is 0 Å². The number of anilines is 1. The van der Waals surface area contributed by atoms with Crippen LogP contribution in [0, 0.1) is 0 Å². The number of amides is 2. The average molecular weight is 302 g/mol. The van der Waals surface area contributed by atoms with Gasteiger partial charge >= 0.3 is 0 Å². The maximum absolute atomic E-state index is 11.6. The summed E-state index contributed by atoms with van der Waals surface area (Å²) in [7, 11) is 1.58. The van der Waals surface area contributed by atoms with Gasteiger partial charge in [0.25, 0.3) is 0 Å². The molecule has 2 amide bonds. The first-order valence-electron chi connectivity index (χ1n) is 5.97. The second-order valence-electron chi connectivity index (χ2n) is 4.08. The number of carbonyl (C=O) groups excluding carboxylic acids is 2. The highest BCUT2D eigenvalue weighted by molar-refractivity contribution is 5.94. The average Bonchev–Trinajstić information content (AvgIpc) is 2.37. The van der Waals surface area contributed by atoms with Gasteiger partial charge in [-0.1, -0.05) is 0 Å². The minimum Gasteiger partial charge on any atom is -0.492 e. The Morgan fingerprint density at radius 3 is 2.40 bits per heavy atom. The fourth-order valence-electron chi connectivity index (χ4n) is 1.34. The maximum Gasteiger partial charge on any atom is 0.243 e. The minimum atomic E-state index is -0.242. The van der Waals surface area contributed by atoms with Gasteiger partial charge < -0.3 is 20.7 Å². The van der Waals surface area contributed by atoms with Crippen molar-refractivity contribution in [2.24, 2.45) is 5.73 Å². The Balaban J connectivity index is 0.00000361. The number of halogens is 1. The number of hydrogen-bond donors (Lipinski definition) is 2. The fourth-order valence-corrected chi connectivity index (χ4v) is 1.34. The van der Waals surface area contributed by atoms with E-state index in [0.29, 0.717) is 24.6 Å². The third-order valence-corrected chi connectivity index (χ3v) is 2.44. The van der Waals surface area contributed by atoms with Crippen molar-refractivity contribution in [1.82, 2.24) is 4.90 Å². The monoisotopic (exact) mass is 301 g/mol. The molecule has 20 heavy (non-hydrogen) atoms. The van der Waals surface area contributed by atoms with E-state index >= 15 is 0 Å². The van der Waals surface area contributed by atoms with Crippen molar-refractivity contribution >= 4 is 29.9 Å². The molecule has 112 valence electrons. The second-order valence-corrected chi connectivity index (χ2v) is 4.08. The predicted molar refractivity (Wildman–Crippen MR) is 80.2 cm³/mol. The molecule has 0 fully saturated rings. The molecule has 1 aromatic carbocycles. The van der Waals surface area contributed by atoms with Crippen LogP contribution in [0.15, 0.2) is 24.3 Å². The highest BCUT2D eigenvalue weighted by atomic mass is 35.5. The molecule has 0 saturated carbocycles. The van der Waals surface area contributed by atoms with Crippen LogP contribution in [0.5, 0.6) is 5.75 Å². The quantitative estimate of drug-likeness (QED) is 0.816. The topological polar surface area (TPSA) is 84.7 Å². The summed E-state index contributed by atoms with van der Waals surface area (Å²) in [4.78, 5) is 24.0. The standard InChI is InChI=1S/C13H19N3O3.ClH/c1-10(17)16(2)9-13(18)15-11-3-5-12(6-4-11)19-8-7-14;/h3-6H,7-9,14H2,1-2H3,(H,15,18);1H. The summed E-state index contributed by atoms with van der Waals surface area (Å²) in [5.74, 6) is 0.304. The number of ether oxygens (including phenoxy) is 1. The van der Waals surface area contributed by atoms with E-state index < -0.39 is 0 Å². The SMILES string of the molecule is CC(=O)N(C)CC(=O)Nc1ccc(OCCN)cc1.Cl. The highest BCUT2D eigenvalue weighted by Gasteiger charge is 2.08. The Labute approximate surface area is 124 Å². The van der Waals surface area contributed by atoms with Crippen LogP contribution < -0.4 is 15.8 Å². The van der Waals surface area contributed by atoms with Gasteiger partial charge in [0.2, 0.25) is 11.8 Å². The van der Waals surface area contributed by atoms with Crippen molar-refractivity contribution in [3.05, 3.63) is 24.3 Å². The van der Waals surface area contributed by atoms with Crippen molar-refractivity contribution in [1.29, 1.82) is 0 Å². The van der Waals surface area contributed by atoms with Crippen LogP contribution in [-0.2, 0) is 9.59 Å². The molecular weight excluding hydrogens is 282 g/mol. The van der Waals surface area contributed by atoms with E-state index in [2.05, 4.69) is 5.32 Å². The molecule has 0 spiro atoms. The van der Waals surface area contributed by atoms with E-state index in [9.17, 15) is 9.59 Å². The first-order chi connectivity index (χ1) is 9.02. The molecule has 3 N–H and O–H groups in total. The first-order valence-corrected chi connectivity index (χ1v) is 5.97. The molecule has 1 rings (SSSR count). The molecule has 6 nitrogen and oxygen atoms in total. The van der Waals surface area contributed by atoms with Crippen LogP contribution in [0.4, 0.5) is 5.69 Å². The Hall–Kier alpha value is -1.79. The normalized spacial score (nSPS) is 9.35. The van der Waals surface area contributed by atoms with Crippen LogP contribution in [0.3, 0.4) is 0 Å². The summed E-state index contributed by atoms with van der Waals surface area (Å²) in [5, 5.41) is 2.70. The van der Waals surface area contributed by atoms with E-state index in [0.717, 1.165) is 0 Å². The number of benzene rings is 1. The van der Waals surface area contributed by atoms with Crippen molar-refractivity contribution in [3.63, 3.8) is 0 Å². The lowest BCUT2D eigenvalue weighted by atomic mass is 10.3. The molecule has 7 heteroatoms. The molecule has 1 aromatic rings. The summed E-state index contributed by atoms with van der Waals surface area (Å²) in [6.07, 6.45) is 0. The molecule has 0 heterocycles. The summed E-state index contributed by atoms with van der Waals surface area (Å²) in [5.41, 5.74) is 5.98. The molecule has 0 bridgehead atoms. The smallest absolute Gasteiger partial charge is 0.243 e. The molecule has 0 unspecified atom stereocenters. The van der Waals surface area contributed by atoms with Crippen LogP contribution >= 0.6 is 12.4 Å². The largest absolute Gasteiger partial charge is 0.492 e. The van der Waals surface area contributed by atoms with E-state index in [4.69, 9.17) is 10.5 Å². The zero-order valence-electron chi connectivity index (χ0n) is 11.6. The Kier molecular flexibility index (Phi) is 8.35. The van der Waals surface area contributed by atoms with Gasteiger partial charge in [-0.15, -0.1) is 12.4 Å². The van der Waals surface area contributed by atoms with Gasteiger partial charge in [-0.05, 0) is 24.3 Å². The molecule has 0 saturated heterocycles. The number of likely N-dealkylation sites (N-methyl/N-ethyl adjacent to an activating group) is 1. The number of nitrogens with one attached hydrogen (secondary N) is 1. The van der Waals surface area contributed by atoms with Gasteiger partial charge in [0.15, 0.2) is 0 Å². The van der Waals surface area contributed by atoms with E-state index in [1.54, 1.807) is 31.3 Å². The number of carbonyl (C=O) groups is 2. The molecule has 0 aliphatic heterocycles. The van der Waals surface area contributed by atoms with Crippen molar-refractivity contribution < 1.29 is 14.3 Å². The van der Waals surface area contributed by atoms with Gasteiger partial charge in [-0.3, -0.25) is 9.59 Å². The van der Waals surface area contributed by atoms with Gasteiger partial charge in [-0.2, -0.15) is 0 Å². The van der Waals surface area contributed by atoms with Crippen molar-refractivity contribution in [2.45, 2.75) is 6.92 Å². The summed E-state index contributed by atoms with van der Waals surface area (Å²) >= 11 is 0. The zero-order chi connectivity index (χ0) is 14.3. The number of nitrogens with zero attached hydrogens (tertiary/aromatic N) is 1. The third-order valence-electron chi connectivity index (χ3n) is 2.44. The number of nitrogens with two attached hydrogens (primary N) is 1. The van der Waals surface area contributed by atoms with Crippen LogP contribution in [0.25, 0.3) is 0 Å². The molecule has 0 atom stereocenters. The Bertz CT molecular complexity index is 437. The van der Waals surface area contributed by atoms with E-state index in [-0.39, 0.29) is 30.8 Å². The molecule has 0 radical (unpaired) electrons. The number of rotatable bonds is 6. The lowest BCUT2D eigenvalue weighted by molar-refractivity contribution is -0.131. The number of hydrogen-bond acceptors (Lipinski definition) is 4. The van der Waals surface area contributed by atoms with Crippen LogP contribution in [0.2, 0.25) is 0 Å². The predicted octanol–water partition coefficient (Wildman–Crippen LogP) is 0.863. The van der Waals surface area contributed by atoms with Gasteiger partial charge in [0.05, 0.1) is 6.54 Å². The lowest BCUT2D eigenvalue weighted by Gasteiger charge is -2.14. The highest BCUT2D eigenvalue weighted by Crippen LogP contribution is 2.15. The second kappa shape index (κ2) is 9.17. The molecule has 0 aliphatic rings. The first kappa shape index (κ1) is 18.2. The third kappa shape index (κ3) is 6.40. The summed E-state index contributed by atoms with van der Waals surface area (Å²) < 4.78 is 5.32. The van der Waals surface area contributed by atoms with Crippen LogP contribution in [-0.4, -0.2) is 43.5 Å². The lowest BCUT2D eigenvalue weighted by Crippen LogP contribution is -2.33. The Morgan fingerprint density at radius 2 is 1.90 bits per heavy atom. The van der Waals surface area contributed by atoms with Gasteiger partial charge in [0.1, 0.15) is 12.4 Å². The maximum atomic E-state index is 11.6. The van der Waals surface area contributed by atoms with Gasteiger partial charge in [-0.25, -0.2) is 0 Å². The summed E-state index contributed by atoms with van der Waals surface area (Å²) in [6.45, 7) is 2.35. The van der Waals surface area contributed by atoms with Crippen LogP contribution in [0.1, 0.15) is 6.92 Å². The van der Waals surface area contributed by atoms with E-state index in [1.165, 1.54) is 11.8 Å². The summed E-state index contributed by atoms with van der Waals surface area (Å²) in [6, 6.07) is 6.97. The molecular formula is C13H20ClN3O3. The van der Waals surface area contributed by atoms with Gasteiger partial charge in [0, 0.05) is 26.2 Å². The van der Waals surface area contributed by atoms with Crippen molar-refractivity contribution in [2.75, 3.05) is 32.1 Å². The fraction of sp³-hybridized carbons (Fsp3) is 0.385. The van der Waals surface area contributed by atoms with Crippen molar-refractivity contribution in [3.8, 4) is 5.75 Å². The Morgan fingerprint density at radius 1 is 1.30 bits per heavy atom. The minimum absolute atomic E-state index is 0. The molecule has 0 aliphatic carbocycles. The molecule has 0 aromatic heterocycles. The zero-order valence-corrected chi connectivity index (χ0v) is 12.4.